The molecule has 0 saturated carbocycles. The van der Waals surface area contributed by atoms with Gasteiger partial charge in [-0.15, -0.1) is 0 Å². The summed E-state index contributed by atoms with van der Waals surface area (Å²) in [5, 5.41) is 4.08. The molecular formula is C21H24Cl2N2O2. The van der Waals surface area contributed by atoms with Crippen LogP contribution in [-0.4, -0.2) is 29.3 Å². The summed E-state index contributed by atoms with van der Waals surface area (Å²) in [4.78, 5) is 27.0. The second-order valence-electron chi connectivity index (χ2n) is 6.42. The van der Waals surface area contributed by atoms with E-state index in [1.54, 1.807) is 36.1 Å². The predicted molar refractivity (Wildman–Crippen MR) is 110 cm³/mol. The Morgan fingerprint density at radius 2 is 1.74 bits per heavy atom. The molecule has 0 aliphatic rings. The number of carbonyl (C=O) groups is 2. The number of nitrogens with zero attached hydrogens (tertiary/aromatic N) is 1. The van der Waals surface area contributed by atoms with Gasteiger partial charge in [-0.2, -0.15) is 0 Å². The Hall–Kier alpha value is -2.04. The van der Waals surface area contributed by atoms with E-state index in [0.29, 0.717) is 23.1 Å². The monoisotopic (exact) mass is 406 g/mol. The molecule has 2 aromatic carbocycles. The zero-order valence-electron chi connectivity index (χ0n) is 15.5. The summed E-state index contributed by atoms with van der Waals surface area (Å²) in [7, 11) is 0. The second-order valence-corrected chi connectivity index (χ2v) is 7.29. The van der Waals surface area contributed by atoms with E-state index in [4.69, 9.17) is 23.2 Å². The fraction of sp³-hybridized carbons (Fsp3) is 0.333. The van der Waals surface area contributed by atoms with Crippen LogP contribution in [0, 0.1) is 0 Å². The summed E-state index contributed by atoms with van der Waals surface area (Å²) in [5.74, 6) is -0.292. The van der Waals surface area contributed by atoms with Crippen molar-refractivity contribution in [2.75, 3.05) is 6.54 Å². The third-order valence-electron chi connectivity index (χ3n) is 4.23. The van der Waals surface area contributed by atoms with Crippen molar-refractivity contribution >= 4 is 35.0 Å². The van der Waals surface area contributed by atoms with Crippen LogP contribution in [0.3, 0.4) is 0 Å². The molecule has 1 unspecified atom stereocenters. The molecule has 0 heterocycles. The average Bonchev–Trinajstić information content (AvgIpc) is 2.65. The molecule has 0 saturated heterocycles. The molecule has 2 aromatic rings. The maximum Gasteiger partial charge on any atom is 0.242 e. The lowest BCUT2D eigenvalue weighted by atomic mass is 10.1. The van der Waals surface area contributed by atoms with Crippen molar-refractivity contribution in [3.63, 3.8) is 0 Å². The molecule has 0 spiro atoms. The van der Waals surface area contributed by atoms with E-state index in [1.165, 1.54) is 0 Å². The summed E-state index contributed by atoms with van der Waals surface area (Å²) in [6.07, 6.45) is 1.04. The highest BCUT2D eigenvalue weighted by Crippen LogP contribution is 2.17. The van der Waals surface area contributed by atoms with Crippen molar-refractivity contribution in [3.05, 3.63) is 69.7 Å². The Morgan fingerprint density at radius 3 is 2.37 bits per heavy atom. The van der Waals surface area contributed by atoms with Gasteiger partial charge in [-0.1, -0.05) is 54.4 Å². The topological polar surface area (TPSA) is 49.4 Å². The minimum Gasteiger partial charge on any atom is -0.354 e. The molecule has 2 amide bonds. The number of hydrogen-bond acceptors (Lipinski definition) is 2. The first-order valence-electron chi connectivity index (χ1n) is 8.96. The van der Waals surface area contributed by atoms with Crippen LogP contribution in [0.5, 0.6) is 0 Å². The van der Waals surface area contributed by atoms with Gasteiger partial charge in [0.25, 0.3) is 0 Å². The Bertz CT molecular complexity index is 778. The fourth-order valence-electron chi connectivity index (χ4n) is 2.69. The smallest absolute Gasteiger partial charge is 0.242 e. The molecule has 27 heavy (non-hydrogen) atoms. The summed E-state index contributed by atoms with van der Waals surface area (Å²) < 4.78 is 0. The van der Waals surface area contributed by atoms with Gasteiger partial charge in [-0.3, -0.25) is 9.59 Å². The van der Waals surface area contributed by atoms with Gasteiger partial charge >= 0.3 is 0 Å². The van der Waals surface area contributed by atoms with Gasteiger partial charge in [0.15, 0.2) is 0 Å². The summed E-state index contributed by atoms with van der Waals surface area (Å²) in [6, 6.07) is 13.9. The van der Waals surface area contributed by atoms with E-state index in [0.717, 1.165) is 17.5 Å². The quantitative estimate of drug-likeness (QED) is 0.702. The number of hydrogen-bond donors (Lipinski definition) is 1. The lowest BCUT2D eigenvalue weighted by molar-refractivity contribution is -0.140. The zero-order valence-corrected chi connectivity index (χ0v) is 17.1. The van der Waals surface area contributed by atoms with Crippen molar-refractivity contribution in [2.24, 2.45) is 0 Å². The molecule has 1 atom stereocenters. The van der Waals surface area contributed by atoms with Crippen molar-refractivity contribution < 1.29 is 9.59 Å². The Balaban J connectivity index is 2.20. The number of nitrogens with one attached hydrogen (secondary N) is 1. The number of amides is 2. The second kappa shape index (κ2) is 10.3. The summed E-state index contributed by atoms with van der Waals surface area (Å²) >= 11 is 12.0. The molecule has 6 heteroatoms. The van der Waals surface area contributed by atoms with Gasteiger partial charge in [-0.25, -0.2) is 0 Å². The molecular weight excluding hydrogens is 383 g/mol. The molecule has 2 rings (SSSR count). The van der Waals surface area contributed by atoms with Gasteiger partial charge in [0.2, 0.25) is 11.8 Å². The van der Waals surface area contributed by atoms with Crippen LogP contribution in [0.1, 0.15) is 31.4 Å². The first-order valence-corrected chi connectivity index (χ1v) is 9.72. The zero-order chi connectivity index (χ0) is 19.8. The Kier molecular flexibility index (Phi) is 8.14. The normalized spacial score (nSPS) is 11.7. The van der Waals surface area contributed by atoms with Gasteiger partial charge < -0.3 is 10.2 Å². The first kappa shape index (κ1) is 21.3. The van der Waals surface area contributed by atoms with Crippen molar-refractivity contribution in [3.8, 4) is 0 Å². The van der Waals surface area contributed by atoms with Gasteiger partial charge in [0, 0.05) is 23.1 Å². The van der Waals surface area contributed by atoms with Crippen molar-refractivity contribution in [1.82, 2.24) is 10.2 Å². The van der Waals surface area contributed by atoms with E-state index in [1.807, 2.05) is 31.2 Å². The van der Waals surface area contributed by atoms with Crippen molar-refractivity contribution in [1.29, 1.82) is 0 Å². The Labute approximate surface area is 170 Å². The highest BCUT2D eigenvalue weighted by Gasteiger charge is 2.26. The molecule has 4 nitrogen and oxygen atoms in total. The Morgan fingerprint density at radius 1 is 1.04 bits per heavy atom. The number of halogens is 2. The van der Waals surface area contributed by atoms with Gasteiger partial charge in [-0.05, 0) is 48.7 Å². The van der Waals surface area contributed by atoms with Gasteiger partial charge in [0.1, 0.15) is 6.04 Å². The minimum absolute atomic E-state index is 0.128. The van der Waals surface area contributed by atoms with Crippen LogP contribution in [0.4, 0.5) is 0 Å². The molecule has 1 N–H and O–H groups in total. The SMILES string of the molecule is CCCNC(=O)C(C)N(Cc1cccc(Cl)c1)C(=O)Cc1ccc(Cl)cc1. The third kappa shape index (κ3) is 6.56. The highest BCUT2D eigenvalue weighted by molar-refractivity contribution is 6.30. The van der Waals surface area contributed by atoms with Crippen LogP contribution < -0.4 is 5.32 Å². The van der Waals surface area contributed by atoms with E-state index < -0.39 is 6.04 Å². The lowest BCUT2D eigenvalue weighted by Crippen LogP contribution is -2.48. The van der Waals surface area contributed by atoms with Gasteiger partial charge in [0.05, 0.1) is 6.42 Å². The van der Waals surface area contributed by atoms with Crippen LogP contribution >= 0.6 is 23.2 Å². The van der Waals surface area contributed by atoms with E-state index in [9.17, 15) is 9.59 Å². The van der Waals surface area contributed by atoms with Crippen LogP contribution in [0.25, 0.3) is 0 Å². The predicted octanol–water partition coefficient (Wildman–Crippen LogP) is 4.48. The third-order valence-corrected chi connectivity index (χ3v) is 4.71. The van der Waals surface area contributed by atoms with Crippen LogP contribution in [-0.2, 0) is 22.6 Å². The van der Waals surface area contributed by atoms with Crippen molar-refractivity contribution in [2.45, 2.75) is 39.3 Å². The molecule has 0 fully saturated rings. The minimum atomic E-state index is -0.588. The van der Waals surface area contributed by atoms with Crippen LogP contribution in [0.15, 0.2) is 48.5 Å². The van der Waals surface area contributed by atoms with Crippen LogP contribution in [0.2, 0.25) is 10.0 Å². The number of rotatable bonds is 8. The maximum atomic E-state index is 13.0. The number of benzene rings is 2. The fourth-order valence-corrected chi connectivity index (χ4v) is 3.03. The number of carbonyl (C=O) groups excluding carboxylic acids is 2. The van der Waals surface area contributed by atoms with E-state index in [2.05, 4.69) is 5.32 Å². The molecule has 0 radical (unpaired) electrons. The van der Waals surface area contributed by atoms with E-state index in [-0.39, 0.29) is 18.2 Å². The molecule has 0 aliphatic carbocycles. The largest absolute Gasteiger partial charge is 0.354 e. The average molecular weight is 407 g/mol. The molecule has 144 valence electrons. The molecule has 0 bridgehead atoms. The first-order chi connectivity index (χ1) is 12.9. The highest BCUT2D eigenvalue weighted by atomic mass is 35.5. The standard InChI is InChI=1S/C21H24Cl2N2O2/c1-3-11-24-21(27)15(2)25(14-17-5-4-6-19(23)12-17)20(26)13-16-7-9-18(22)10-8-16/h4-10,12,15H,3,11,13-14H2,1-2H3,(H,24,27). The molecule has 0 aromatic heterocycles. The van der Waals surface area contributed by atoms with E-state index >= 15 is 0 Å². The lowest BCUT2D eigenvalue weighted by Gasteiger charge is -2.29. The maximum absolute atomic E-state index is 13.0. The summed E-state index contributed by atoms with van der Waals surface area (Å²) in [6.45, 7) is 4.63. The molecule has 0 aliphatic heterocycles. The summed E-state index contributed by atoms with van der Waals surface area (Å²) in [5.41, 5.74) is 1.73.